The molecule has 1 fully saturated rings. The van der Waals surface area contributed by atoms with Crippen molar-refractivity contribution in [1.82, 2.24) is 10.2 Å². The molecule has 5 nitrogen and oxygen atoms in total. The molecule has 1 aromatic carbocycles. The molecule has 114 valence electrons. The van der Waals surface area contributed by atoms with Crippen LogP contribution in [0.2, 0.25) is 0 Å². The van der Waals surface area contributed by atoms with Gasteiger partial charge in [0.15, 0.2) is 0 Å². The van der Waals surface area contributed by atoms with E-state index >= 15 is 0 Å². The summed E-state index contributed by atoms with van der Waals surface area (Å²) in [5.41, 5.74) is 0.492. The van der Waals surface area contributed by atoms with Gasteiger partial charge in [0.05, 0.1) is 18.8 Å². The minimum absolute atomic E-state index is 0.0854. The molecular formula is C14H16Br2N2O3. The van der Waals surface area contributed by atoms with Gasteiger partial charge in [-0.25, -0.2) is 0 Å². The lowest BCUT2D eigenvalue weighted by Crippen LogP contribution is -2.50. The predicted octanol–water partition coefficient (Wildman–Crippen LogP) is 2.19. The zero-order valence-electron chi connectivity index (χ0n) is 11.6. The van der Waals surface area contributed by atoms with Gasteiger partial charge in [-0.2, -0.15) is 0 Å². The number of benzene rings is 1. The first-order valence-corrected chi connectivity index (χ1v) is 8.20. The van der Waals surface area contributed by atoms with Gasteiger partial charge in [-0.05, 0) is 41.1 Å². The highest BCUT2D eigenvalue weighted by atomic mass is 79.9. The zero-order chi connectivity index (χ0) is 15.4. The van der Waals surface area contributed by atoms with Crippen LogP contribution >= 0.6 is 31.9 Å². The Morgan fingerprint density at radius 1 is 1.29 bits per heavy atom. The fourth-order valence-corrected chi connectivity index (χ4v) is 2.85. The van der Waals surface area contributed by atoms with Crippen molar-refractivity contribution < 1.29 is 14.3 Å². The Morgan fingerprint density at radius 2 is 1.95 bits per heavy atom. The lowest BCUT2D eigenvalue weighted by atomic mass is 10.2. The quantitative estimate of drug-likeness (QED) is 0.816. The van der Waals surface area contributed by atoms with Crippen LogP contribution in [-0.4, -0.2) is 49.1 Å². The molecule has 0 spiro atoms. The van der Waals surface area contributed by atoms with Crippen molar-refractivity contribution in [2.45, 2.75) is 13.0 Å². The highest BCUT2D eigenvalue weighted by Crippen LogP contribution is 2.21. The van der Waals surface area contributed by atoms with E-state index in [9.17, 15) is 9.59 Å². The third-order valence-electron chi connectivity index (χ3n) is 3.21. The van der Waals surface area contributed by atoms with Crippen molar-refractivity contribution in [2.24, 2.45) is 0 Å². The van der Waals surface area contributed by atoms with Crippen molar-refractivity contribution in [3.05, 3.63) is 32.7 Å². The van der Waals surface area contributed by atoms with Gasteiger partial charge in [0, 0.05) is 22.0 Å². The molecule has 1 N–H and O–H groups in total. The molecule has 7 heteroatoms. The number of amides is 2. The van der Waals surface area contributed by atoms with E-state index in [4.69, 9.17) is 4.74 Å². The molecule has 0 aliphatic carbocycles. The lowest BCUT2D eigenvalue weighted by Gasteiger charge is -2.29. The molecule has 21 heavy (non-hydrogen) atoms. The normalized spacial score (nSPS) is 16.4. The SMILES string of the molecule is CC(NC(=O)c1cc(Br)ccc1Br)C(=O)N1CCOCC1. The van der Waals surface area contributed by atoms with Crippen LogP contribution in [0.15, 0.2) is 27.1 Å². The Balaban J connectivity index is 2.01. The van der Waals surface area contributed by atoms with Gasteiger partial charge in [0.1, 0.15) is 6.04 Å². The third kappa shape index (κ3) is 4.28. The molecule has 0 saturated carbocycles. The first-order chi connectivity index (χ1) is 9.99. The summed E-state index contributed by atoms with van der Waals surface area (Å²) in [5.74, 6) is -0.366. The fraction of sp³-hybridized carbons (Fsp3) is 0.429. The second kappa shape index (κ2) is 7.38. The van der Waals surface area contributed by atoms with Crippen LogP contribution in [-0.2, 0) is 9.53 Å². The monoisotopic (exact) mass is 418 g/mol. The highest BCUT2D eigenvalue weighted by Gasteiger charge is 2.24. The van der Waals surface area contributed by atoms with Gasteiger partial charge in [0.25, 0.3) is 5.91 Å². The Labute approximate surface area is 140 Å². The minimum Gasteiger partial charge on any atom is -0.378 e. The van der Waals surface area contributed by atoms with Gasteiger partial charge < -0.3 is 15.0 Å². The Bertz CT molecular complexity index is 545. The standard InChI is InChI=1S/C14H16Br2N2O3/c1-9(14(20)18-4-6-21-7-5-18)17-13(19)11-8-10(15)2-3-12(11)16/h2-3,8-9H,4-7H2,1H3,(H,17,19). The van der Waals surface area contributed by atoms with E-state index < -0.39 is 6.04 Å². The maximum atomic E-state index is 12.3. The Morgan fingerprint density at radius 3 is 2.62 bits per heavy atom. The molecule has 0 aromatic heterocycles. The van der Waals surface area contributed by atoms with Crippen LogP contribution in [0, 0.1) is 0 Å². The van der Waals surface area contributed by atoms with Crippen LogP contribution in [0.4, 0.5) is 0 Å². The summed E-state index contributed by atoms with van der Waals surface area (Å²) < 4.78 is 6.71. The first-order valence-electron chi connectivity index (χ1n) is 6.61. The van der Waals surface area contributed by atoms with Crippen molar-refractivity contribution in [2.75, 3.05) is 26.3 Å². The van der Waals surface area contributed by atoms with Crippen LogP contribution in [0.3, 0.4) is 0 Å². The van der Waals surface area contributed by atoms with E-state index in [-0.39, 0.29) is 11.8 Å². The Hall–Kier alpha value is -0.920. The number of nitrogens with one attached hydrogen (secondary N) is 1. The zero-order valence-corrected chi connectivity index (χ0v) is 14.7. The van der Waals surface area contributed by atoms with Crippen molar-refractivity contribution in [3.8, 4) is 0 Å². The van der Waals surface area contributed by atoms with E-state index in [1.165, 1.54) is 0 Å². The topological polar surface area (TPSA) is 58.6 Å². The van der Waals surface area contributed by atoms with Crippen molar-refractivity contribution in [3.63, 3.8) is 0 Å². The third-order valence-corrected chi connectivity index (χ3v) is 4.40. The molecule has 2 amide bonds. The summed E-state index contributed by atoms with van der Waals surface area (Å²) in [5, 5.41) is 2.74. The summed E-state index contributed by atoms with van der Waals surface area (Å²) in [6.45, 7) is 3.92. The molecule has 2 rings (SSSR count). The second-order valence-corrected chi connectivity index (χ2v) is 6.53. The summed E-state index contributed by atoms with van der Waals surface area (Å²) in [6, 6.07) is 4.77. The van der Waals surface area contributed by atoms with Crippen LogP contribution in [0.5, 0.6) is 0 Å². The number of carbonyl (C=O) groups excluding carboxylic acids is 2. The maximum Gasteiger partial charge on any atom is 0.253 e. The van der Waals surface area contributed by atoms with Gasteiger partial charge in [-0.15, -0.1) is 0 Å². The average molecular weight is 420 g/mol. The molecule has 1 aliphatic rings. The molecule has 1 aromatic rings. The predicted molar refractivity (Wildman–Crippen MR) is 86.2 cm³/mol. The Kier molecular flexibility index (Phi) is 5.78. The largest absolute Gasteiger partial charge is 0.378 e. The smallest absolute Gasteiger partial charge is 0.253 e. The number of hydrogen-bond donors (Lipinski definition) is 1. The minimum atomic E-state index is -0.568. The van der Waals surface area contributed by atoms with Gasteiger partial charge in [0.2, 0.25) is 5.91 Å². The molecular weight excluding hydrogens is 404 g/mol. The lowest BCUT2D eigenvalue weighted by molar-refractivity contribution is -0.136. The van der Waals surface area contributed by atoms with Crippen LogP contribution in [0.25, 0.3) is 0 Å². The first kappa shape index (κ1) is 16.5. The van der Waals surface area contributed by atoms with E-state index in [1.54, 1.807) is 24.0 Å². The van der Waals surface area contributed by atoms with Crippen molar-refractivity contribution >= 4 is 43.7 Å². The van der Waals surface area contributed by atoms with Crippen molar-refractivity contribution in [1.29, 1.82) is 0 Å². The molecule has 1 unspecified atom stereocenters. The summed E-state index contributed by atoms with van der Waals surface area (Å²) >= 11 is 6.67. The number of carbonyl (C=O) groups is 2. The molecule has 0 bridgehead atoms. The summed E-state index contributed by atoms with van der Waals surface area (Å²) in [4.78, 5) is 26.2. The maximum absolute atomic E-state index is 12.3. The number of rotatable bonds is 3. The van der Waals surface area contributed by atoms with Gasteiger partial charge in [-0.1, -0.05) is 15.9 Å². The molecule has 1 heterocycles. The molecule has 0 radical (unpaired) electrons. The number of halogens is 2. The molecule has 1 atom stereocenters. The molecule has 1 aliphatic heterocycles. The number of nitrogens with zero attached hydrogens (tertiary/aromatic N) is 1. The van der Waals surface area contributed by atoms with Crippen LogP contribution < -0.4 is 5.32 Å². The van der Waals surface area contributed by atoms with E-state index in [1.807, 2.05) is 6.07 Å². The van der Waals surface area contributed by atoms with E-state index in [2.05, 4.69) is 37.2 Å². The average Bonchev–Trinajstić information content (AvgIpc) is 2.49. The number of hydrogen-bond acceptors (Lipinski definition) is 3. The summed E-state index contributed by atoms with van der Waals surface area (Å²) in [6.07, 6.45) is 0. The van der Waals surface area contributed by atoms with Gasteiger partial charge in [-0.3, -0.25) is 9.59 Å². The van der Waals surface area contributed by atoms with E-state index in [0.29, 0.717) is 36.3 Å². The summed E-state index contributed by atoms with van der Waals surface area (Å²) in [7, 11) is 0. The van der Waals surface area contributed by atoms with Gasteiger partial charge >= 0.3 is 0 Å². The fourth-order valence-electron chi connectivity index (χ4n) is 2.07. The number of morpholine rings is 1. The second-order valence-electron chi connectivity index (χ2n) is 4.76. The van der Waals surface area contributed by atoms with Crippen LogP contribution in [0.1, 0.15) is 17.3 Å². The van der Waals surface area contributed by atoms with E-state index in [0.717, 1.165) is 4.47 Å². The highest BCUT2D eigenvalue weighted by molar-refractivity contribution is 9.11. The molecule has 1 saturated heterocycles. The number of ether oxygens (including phenoxy) is 1.